The van der Waals surface area contributed by atoms with Crippen molar-refractivity contribution in [2.75, 3.05) is 19.9 Å². The van der Waals surface area contributed by atoms with Gasteiger partial charge >= 0.3 is 5.63 Å². The van der Waals surface area contributed by atoms with Gasteiger partial charge in [0.25, 0.3) is 0 Å². The molecule has 0 unspecified atom stereocenters. The van der Waals surface area contributed by atoms with Crippen LogP contribution in [-0.2, 0) is 11.3 Å². The lowest BCUT2D eigenvalue weighted by atomic mass is 10.1. The molecular weight excluding hydrogens is 374 g/mol. The summed E-state index contributed by atoms with van der Waals surface area (Å²) in [6, 6.07) is 12.6. The van der Waals surface area contributed by atoms with E-state index in [4.69, 9.17) is 18.6 Å². The van der Waals surface area contributed by atoms with E-state index in [1.54, 1.807) is 31.2 Å². The second kappa shape index (κ2) is 8.36. The van der Waals surface area contributed by atoms with Crippen LogP contribution in [0.25, 0.3) is 11.0 Å². The predicted molar refractivity (Wildman–Crippen MR) is 108 cm³/mol. The van der Waals surface area contributed by atoms with E-state index in [9.17, 15) is 9.90 Å². The normalized spacial score (nSPS) is 13.2. The number of fused-ring (bicyclic) bond motifs is 2. The molecule has 0 fully saturated rings. The van der Waals surface area contributed by atoms with Crippen LogP contribution in [0.1, 0.15) is 24.5 Å². The largest absolute Gasteiger partial charge is 0.506 e. The Bertz CT molecular complexity index is 1120. The highest BCUT2D eigenvalue weighted by Crippen LogP contribution is 2.32. The van der Waals surface area contributed by atoms with Crippen LogP contribution in [0.5, 0.6) is 17.2 Å². The summed E-state index contributed by atoms with van der Waals surface area (Å²) in [7, 11) is 0. The van der Waals surface area contributed by atoms with E-state index in [2.05, 4.69) is 4.99 Å². The van der Waals surface area contributed by atoms with Crippen molar-refractivity contribution >= 4 is 16.7 Å². The minimum Gasteiger partial charge on any atom is -0.506 e. The molecule has 7 nitrogen and oxygen atoms in total. The Hall–Kier alpha value is -3.32. The van der Waals surface area contributed by atoms with Crippen molar-refractivity contribution in [3.8, 4) is 17.2 Å². The number of rotatable bonds is 7. The van der Waals surface area contributed by atoms with Crippen molar-refractivity contribution < 1.29 is 23.7 Å². The van der Waals surface area contributed by atoms with E-state index in [0.29, 0.717) is 42.9 Å². The molecule has 0 atom stereocenters. The molecule has 29 heavy (non-hydrogen) atoms. The second-order valence-corrected chi connectivity index (χ2v) is 6.67. The number of ether oxygens (including phenoxy) is 3. The van der Waals surface area contributed by atoms with Crippen LogP contribution in [0.2, 0.25) is 0 Å². The molecule has 0 spiro atoms. The third-order valence-electron chi connectivity index (χ3n) is 4.65. The van der Waals surface area contributed by atoms with E-state index in [0.717, 1.165) is 17.1 Å². The van der Waals surface area contributed by atoms with Gasteiger partial charge in [0.05, 0.1) is 17.7 Å². The molecule has 150 valence electrons. The monoisotopic (exact) mass is 395 g/mol. The molecule has 0 aliphatic carbocycles. The Morgan fingerprint density at radius 2 is 2.00 bits per heavy atom. The molecule has 1 aliphatic heterocycles. The van der Waals surface area contributed by atoms with Gasteiger partial charge in [-0.3, -0.25) is 4.99 Å². The first kappa shape index (κ1) is 19.0. The lowest BCUT2D eigenvalue weighted by Crippen LogP contribution is -2.13. The summed E-state index contributed by atoms with van der Waals surface area (Å²) >= 11 is 0. The van der Waals surface area contributed by atoms with Gasteiger partial charge in [0.2, 0.25) is 6.79 Å². The fraction of sp³-hybridized carbons (Fsp3) is 0.273. The first-order valence-corrected chi connectivity index (χ1v) is 9.36. The summed E-state index contributed by atoms with van der Waals surface area (Å²) in [5.41, 5.74) is 1.31. The molecule has 4 rings (SSSR count). The van der Waals surface area contributed by atoms with Crippen LogP contribution in [0, 0.1) is 0 Å². The van der Waals surface area contributed by atoms with Gasteiger partial charge in [0.1, 0.15) is 16.9 Å². The Morgan fingerprint density at radius 3 is 2.90 bits per heavy atom. The molecule has 2 heterocycles. The zero-order valence-electron chi connectivity index (χ0n) is 16.0. The molecule has 3 aromatic rings. The maximum absolute atomic E-state index is 12.2. The minimum atomic E-state index is -0.596. The number of nitrogens with zero attached hydrogens (tertiary/aromatic N) is 1. The predicted octanol–water partition coefficient (Wildman–Crippen LogP) is 3.64. The van der Waals surface area contributed by atoms with Gasteiger partial charge in [-0.25, -0.2) is 4.79 Å². The van der Waals surface area contributed by atoms with Gasteiger partial charge in [-0.1, -0.05) is 18.2 Å². The Kier molecular flexibility index (Phi) is 5.48. The summed E-state index contributed by atoms with van der Waals surface area (Å²) in [5, 5.41) is 10.9. The number of aliphatic imine (C=N–C) groups is 1. The molecule has 7 heteroatoms. The first-order valence-electron chi connectivity index (χ1n) is 9.36. The van der Waals surface area contributed by atoms with Crippen LogP contribution >= 0.6 is 0 Å². The maximum atomic E-state index is 12.2. The summed E-state index contributed by atoms with van der Waals surface area (Å²) in [5.74, 6) is 1.39. The number of para-hydroxylation sites is 1. The highest BCUT2D eigenvalue weighted by Gasteiger charge is 2.16. The summed E-state index contributed by atoms with van der Waals surface area (Å²) < 4.78 is 21.6. The third kappa shape index (κ3) is 4.09. The Morgan fingerprint density at radius 1 is 1.17 bits per heavy atom. The van der Waals surface area contributed by atoms with Gasteiger partial charge < -0.3 is 23.7 Å². The van der Waals surface area contributed by atoms with Gasteiger partial charge in [-0.2, -0.15) is 0 Å². The van der Waals surface area contributed by atoms with Gasteiger partial charge in [0.15, 0.2) is 11.5 Å². The highest BCUT2D eigenvalue weighted by molar-refractivity contribution is 6.04. The molecule has 1 N–H and O–H groups in total. The number of hydrogen-bond donors (Lipinski definition) is 1. The number of aromatic hydroxyl groups is 1. The van der Waals surface area contributed by atoms with E-state index < -0.39 is 5.63 Å². The summed E-state index contributed by atoms with van der Waals surface area (Å²) in [6.45, 7) is 3.40. The molecule has 1 aliphatic rings. The zero-order chi connectivity index (χ0) is 20.2. The van der Waals surface area contributed by atoms with Gasteiger partial charge in [-0.05, 0) is 43.2 Å². The SMILES string of the molecule is C/C(=N\CCCOCc1ccc2c(c1)OCO2)c1c(O)c2ccccc2oc1=O. The highest BCUT2D eigenvalue weighted by atomic mass is 16.7. The summed E-state index contributed by atoms with van der Waals surface area (Å²) in [6.07, 6.45) is 0.682. The molecule has 0 bridgehead atoms. The van der Waals surface area contributed by atoms with Crippen LogP contribution in [0.3, 0.4) is 0 Å². The fourth-order valence-corrected chi connectivity index (χ4v) is 3.17. The van der Waals surface area contributed by atoms with Crippen LogP contribution in [-0.4, -0.2) is 30.8 Å². The fourth-order valence-electron chi connectivity index (χ4n) is 3.17. The number of benzene rings is 2. The minimum absolute atomic E-state index is 0.0999. The van der Waals surface area contributed by atoms with E-state index in [-0.39, 0.29) is 18.1 Å². The Balaban J connectivity index is 1.32. The van der Waals surface area contributed by atoms with Crippen molar-refractivity contribution in [2.24, 2.45) is 4.99 Å². The second-order valence-electron chi connectivity index (χ2n) is 6.67. The topological polar surface area (TPSA) is 90.5 Å². The van der Waals surface area contributed by atoms with Crippen molar-refractivity contribution in [3.63, 3.8) is 0 Å². The molecular formula is C22H21NO6. The standard InChI is InChI=1S/C22H21NO6/c1-14(20-21(24)16-5-2-3-6-17(16)29-22(20)25)23-9-4-10-26-12-15-7-8-18-19(11-15)28-13-27-18/h2-3,5-8,11,24H,4,9-10,12-13H2,1H3/b23-14+. The van der Waals surface area contributed by atoms with Crippen molar-refractivity contribution in [1.29, 1.82) is 0 Å². The smallest absolute Gasteiger partial charge is 0.349 e. The van der Waals surface area contributed by atoms with Gasteiger partial charge in [-0.15, -0.1) is 0 Å². The average molecular weight is 395 g/mol. The average Bonchev–Trinajstić information content (AvgIpc) is 3.18. The lowest BCUT2D eigenvalue weighted by Gasteiger charge is -2.07. The zero-order valence-corrected chi connectivity index (χ0v) is 16.0. The van der Waals surface area contributed by atoms with Crippen LogP contribution in [0.4, 0.5) is 0 Å². The lowest BCUT2D eigenvalue weighted by molar-refractivity contribution is 0.120. The molecule has 0 saturated heterocycles. The quantitative estimate of drug-likeness (QED) is 0.373. The van der Waals surface area contributed by atoms with Crippen LogP contribution in [0.15, 0.2) is 56.7 Å². The first-order chi connectivity index (χ1) is 14.1. The molecule has 1 aromatic heterocycles. The molecule has 0 radical (unpaired) electrons. The number of hydrogen-bond acceptors (Lipinski definition) is 7. The van der Waals surface area contributed by atoms with E-state index in [1.165, 1.54) is 0 Å². The third-order valence-corrected chi connectivity index (χ3v) is 4.65. The molecule has 2 aromatic carbocycles. The van der Waals surface area contributed by atoms with Crippen molar-refractivity contribution in [3.05, 3.63) is 64.0 Å². The maximum Gasteiger partial charge on any atom is 0.349 e. The molecule has 0 amide bonds. The van der Waals surface area contributed by atoms with E-state index >= 15 is 0 Å². The van der Waals surface area contributed by atoms with Crippen molar-refractivity contribution in [2.45, 2.75) is 20.0 Å². The van der Waals surface area contributed by atoms with Crippen LogP contribution < -0.4 is 15.1 Å². The van der Waals surface area contributed by atoms with Gasteiger partial charge in [0, 0.05) is 13.2 Å². The van der Waals surface area contributed by atoms with E-state index in [1.807, 2.05) is 18.2 Å². The summed E-state index contributed by atoms with van der Waals surface area (Å²) in [4.78, 5) is 16.6. The van der Waals surface area contributed by atoms with Crippen molar-refractivity contribution in [1.82, 2.24) is 0 Å². The Labute approximate surface area is 167 Å². The molecule has 0 saturated carbocycles.